The maximum absolute atomic E-state index is 13.5. The van der Waals surface area contributed by atoms with Gasteiger partial charge in [0.1, 0.15) is 17.4 Å². The average Bonchev–Trinajstić information content (AvgIpc) is 2.31. The lowest BCUT2D eigenvalue weighted by Gasteiger charge is -2.15. The number of benzene rings is 1. The zero-order valence-electron chi connectivity index (χ0n) is 9.77. The van der Waals surface area contributed by atoms with Crippen LogP contribution in [0.3, 0.4) is 0 Å². The van der Waals surface area contributed by atoms with Gasteiger partial charge in [-0.2, -0.15) is 0 Å². The molecule has 0 aliphatic rings. The SMILES string of the molecule is COc1ccc(F)c(NC(C)CC(N)=NO)c1. The van der Waals surface area contributed by atoms with Crippen molar-refractivity contribution in [2.75, 3.05) is 12.4 Å². The van der Waals surface area contributed by atoms with Crippen molar-refractivity contribution in [1.82, 2.24) is 0 Å². The number of methoxy groups -OCH3 is 1. The lowest BCUT2D eigenvalue weighted by molar-refractivity contribution is 0.316. The fourth-order valence-electron chi connectivity index (χ4n) is 1.41. The standard InChI is InChI=1S/C11H16FN3O2/c1-7(5-11(13)15-16)14-10-6-8(17-2)3-4-9(10)12/h3-4,6-7,14,16H,5H2,1-2H3,(H2,13,15). The van der Waals surface area contributed by atoms with Gasteiger partial charge in [0.05, 0.1) is 12.8 Å². The van der Waals surface area contributed by atoms with Gasteiger partial charge in [-0.05, 0) is 19.1 Å². The van der Waals surface area contributed by atoms with E-state index in [1.807, 2.05) is 0 Å². The smallest absolute Gasteiger partial charge is 0.146 e. The fourth-order valence-corrected chi connectivity index (χ4v) is 1.41. The van der Waals surface area contributed by atoms with Crippen LogP contribution in [0.4, 0.5) is 10.1 Å². The van der Waals surface area contributed by atoms with Gasteiger partial charge < -0.3 is 21.0 Å². The van der Waals surface area contributed by atoms with E-state index in [4.69, 9.17) is 15.7 Å². The van der Waals surface area contributed by atoms with Crippen LogP contribution < -0.4 is 15.8 Å². The molecule has 0 radical (unpaired) electrons. The van der Waals surface area contributed by atoms with Gasteiger partial charge in [-0.1, -0.05) is 5.16 Å². The lowest BCUT2D eigenvalue weighted by Crippen LogP contribution is -2.24. The first-order valence-corrected chi connectivity index (χ1v) is 5.13. The van der Waals surface area contributed by atoms with Crippen LogP contribution in [0, 0.1) is 5.82 Å². The second-order valence-corrected chi connectivity index (χ2v) is 3.69. The van der Waals surface area contributed by atoms with Crippen molar-refractivity contribution in [3.63, 3.8) is 0 Å². The van der Waals surface area contributed by atoms with Crippen LogP contribution in [0.1, 0.15) is 13.3 Å². The van der Waals surface area contributed by atoms with Crippen molar-refractivity contribution in [3.05, 3.63) is 24.0 Å². The van der Waals surface area contributed by atoms with Crippen LogP contribution in [0.5, 0.6) is 5.75 Å². The van der Waals surface area contributed by atoms with Gasteiger partial charge in [0.2, 0.25) is 0 Å². The van der Waals surface area contributed by atoms with Gasteiger partial charge in [-0.3, -0.25) is 0 Å². The Balaban J connectivity index is 2.73. The van der Waals surface area contributed by atoms with E-state index in [9.17, 15) is 4.39 Å². The molecule has 0 aliphatic carbocycles. The van der Waals surface area contributed by atoms with E-state index in [2.05, 4.69) is 10.5 Å². The molecule has 0 bridgehead atoms. The highest BCUT2D eigenvalue weighted by Crippen LogP contribution is 2.22. The third kappa shape index (κ3) is 3.82. The van der Waals surface area contributed by atoms with Crippen molar-refractivity contribution in [2.24, 2.45) is 10.9 Å². The molecule has 0 aliphatic heterocycles. The van der Waals surface area contributed by atoms with E-state index in [1.165, 1.54) is 19.2 Å². The highest BCUT2D eigenvalue weighted by Gasteiger charge is 2.09. The van der Waals surface area contributed by atoms with E-state index < -0.39 is 0 Å². The van der Waals surface area contributed by atoms with E-state index in [1.54, 1.807) is 13.0 Å². The Morgan fingerprint density at radius 1 is 1.65 bits per heavy atom. The van der Waals surface area contributed by atoms with E-state index >= 15 is 0 Å². The topological polar surface area (TPSA) is 79.9 Å². The predicted octanol–water partition coefficient (Wildman–Crippen LogP) is 1.77. The molecule has 5 nitrogen and oxygen atoms in total. The Hall–Kier alpha value is -1.98. The number of nitrogens with one attached hydrogen (secondary N) is 1. The lowest BCUT2D eigenvalue weighted by atomic mass is 10.2. The number of halogens is 1. The Morgan fingerprint density at radius 2 is 2.35 bits per heavy atom. The number of rotatable bonds is 5. The highest BCUT2D eigenvalue weighted by atomic mass is 19.1. The normalized spacial score (nSPS) is 13.2. The fraction of sp³-hybridized carbons (Fsp3) is 0.364. The van der Waals surface area contributed by atoms with Crippen LogP contribution in [0.25, 0.3) is 0 Å². The zero-order valence-corrected chi connectivity index (χ0v) is 9.77. The molecular weight excluding hydrogens is 225 g/mol. The van der Waals surface area contributed by atoms with Crippen molar-refractivity contribution in [2.45, 2.75) is 19.4 Å². The van der Waals surface area contributed by atoms with Gasteiger partial charge >= 0.3 is 0 Å². The molecule has 1 aromatic rings. The molecule has 6 heteroatoms. The van der Waals surface area contributed by atoms with E-state index in [0.717, 1.165) is 0 Å². The molecule has 4 N–H and O–H groups in total. The number of nitrogens with zero attached hydrogens (tertiary/aromatic N) is 1. The molecule has 1 unspecified atom stereocenters. The molecule has 0 aromatic heterocycles. The summed E-state index contributed by atoms with van der Waals surface area (Å²) in [5.41, 5.74) is 5.69. The maximum Gasteiger partial charge on any atom is 0.146 e. The predicted molar refractivity (Wildman–Crippen MR) is 64.1 cm³/mol. The molecule has 0 saturated heterocycles. The molecule has 0 spiro atoms. The average molecular weight is 241 g/mol. The number of amidine groups is 1. The molecule has 1 atom stereocenters. The summed E-state index contributed by atoms with van der Waals surface area (Å²) in [6.45, 7) is 1.80. The summed E-state index contributed by atoms with van der Waals surface area (Å²) in [5, 5.41) is 14.2. The third-order valence-electron chi connectivity index (χ3n) is 2.22. The Kier molecular flexibility index (Phi) is 4.56. The van der Waals surface area contributed by atoms with Crippen molar-refractivity contribution >= 4 is 11.5 Å². The summed E-state index contributed by atoms with van der Waals surface area (Å²) < 4.78 is 18.5. The van der Waals surface area contributed by atoms with Crippen LogP contribution in [0.2, 0.25) is 0 Å². The van der Waals surface area contributed by atoms with Crippen molar-refractivity contribution in [3.8, 4) is 5.75 Å². The molecule has 0 amide bonds. The van der Waals surface area contributed by atoms with Gasteiger partial charge in [-0.15, -0.1) is 0 Å². The molecule has 1 aromatic carbocycles. The van der Waals surface area contributed by atoms with Crippen LogP contribution in [-0.2, 0) is 0 Å². The van der Waals surface area contributed by atoms with Crippen molar-refractivity contribution < 1.29 is 14.3 Å². The monoisotopic (exact) mass is 241 g/mol. The molecule has 1 rings (SSSR count). The van der Waals surface area contributed by atoms with E-state index in [-0.39, 0.29) is 17.7 Å². The molecule has 0 saturated carbocycles. The second kappa shape index (κ2) is 5.93. The summed E-state index contributed by atoms with van der Waals surface area (Å²) in [4.78, 5) is 0. The number of anilines is 1. The molecular formula is C11H16FN3O2. The highest BCUT2D eigenvalue weighted by molar-refractivity contribution is 5.80. The van der Waals surface area contributed by atoms with Crippen molar-refractivity contribution in [1.29, 1.82) is 0 Å². The summed E-state index contributed by atoms with van der Waals surface area (Å²) in [7, 11) is 1.51. The molecule has 17 heavy (non-hydrogen) atoms. The maximum atomic E-state index is 13.5. The minimum atomic E-state index is -0.378. The zero-order chi connectivity index (χ0) is 12.8. The Morgan fingerprint density at radius 3 is 2.94 bits per heavy atom. The summed E-state index contributed by atoms with van der Waals surface area (Å²) >= 11 is 0. The second-order valence-electron chi connectivity index (χ2n) is 3.69. The summed E-state index contributed by atoms with van der Waals surface area (Å²) in [6, 6.07) is 4.25. The largest absolute Gasteiger partial charge is 0.497 e. The minimum absolute atomic E-state index is 0.0910. The number of hydrogen-bond acceptors (Lipinski definition) is 4. The van der Waals surface area contributed by atoms with Crippen LogP contribution >= 0.6 is 0 Å². The first-order valence-electron chi connectivity index (χ1n) is 5.13. The number of oxime groups is 1. The first kappa shape index (κ1) is 13.1. The quantitative estimate of drug-likeness (QED) is 0.317. The van der Waals surface area contributed by atoms with Gasteiger partial charge in [0, 0.05) is 18.5 Å². The number of nitrogens with two attached hydrogens (primary N) is 1. The number of hydrogen-bond donors (Lipinski definition) is 3. The molecule has 0 fully saturated rings. The summed E-state index contributed by atoms with van der Waals surface area (Å²) in [5.74, 6) is 0.273. The van der Waals surface area contributed by atoms with Crippen LogP contribution in [0.15, 0.2) is 23.4 Å². The minimum Gasteiger partial charge on any atom is -0.497 e. The molecule has 94 valence electrons. The van der Waals surface area contributed by atoms with Gasteiger partial charge in [0.15, 0.2) is 0 Å². The molecule has 0 heterocycles. The van der Waals surface area contributed by atoms with Crippen LogP contribution in [-0.4, -0.2) is 24.2 Å². The third-order valence-corrected chi connectivity index (χ3v) is 2.22. The van der Waals surface area contributed by atoms with E-state index in [0.29, 0.717) is 17.9 Å². The number of ether oxygens (including phenoxy) is 1. The first-order chi connectivity index (χ1) is 8.06. The Labute approximate surface area is 99.1 Å². The Bertz CT molecular complexity index is 410. The summed E-state index contributed by atoms with van der Waals surface area (Å²) in [6.07, 6.45) is 0.313. The van der Waals surface area contributed by atoms with Gasteiger partial charge in [-0.25, -0.2) is 4.39 Å². The van der Waals surface area contributed by atoms with Gasteiger partial charge in [0.25, 0.3) is 0 Å².